The molecule has 6 nitrogen and oxygen atoms in total. The molecule has 4 rings (SSSR count). The highest BCUT2D eigenvalue weighted by Crippen LogP contribution is 2.22. The van der Waals surface area contributed by atoms with Crippen molar-refractivity contribution < 1.29 is 19.1 Å². The minimum absolute atomic E-state index is 0.0476. The molecule has 0 atom stereocenters. The van der Waals surface area contributed by atoms with Crippen molar-refractivity contribution >= 4 is 17.4 Å². The highest BCUT2D eigenvalue weighted by atomic mass is 16.5. The average molecular weight is 386 g/mol. The molecule has 0 fully saturated rings. The van der Waals surface area contributed by atoms with Gasteiger partial charge in [0.05, 0.1) is 5.69 Å². The van der Waals surface area contributed by atoms with Gasteiger partial charge in [-0.3, -0.25) is 4.79 Å². The van der Waals surface area contributed by atoms with Crippen molar-refractivity contribution in [2.75, 3.05) is 0 Å². The molecule has 0 saturated carbocycles. The summed E-state index contributed by atoms with van der Waals surface area (Å²) in [6.07, 6.45) is 3.79. The number of pyridine rings is 1. The summed E-state index contributed by atoms with van der Waals surface area (Å²) in [5.41, 5.74) is 2.44. The van der Waals surface area contributed by atoms with Gasteiger partial charge < -0.3 is 13.9 Å². The van der Waals surface area contributed by atoms with Crippen LogP contribution in [0.15, 0.2) is 79.1 Å². The Morgan fingerprint density at radius 2 is 1.72 bits per heavy atom. The van der Waals surface area contributed by atoms with Crippen molar-refractivity contribution in [1.82, 2.24) is 9.38 Å². The van der Waals surface area contributed by atoms with Crippen LogP contribution >= 0.6 is 0 Å². The van der Waals surface area contributed by atoms with Gasteiger partial charge in [0.1, 0.15) is 29.3 Å². The molecule has 6 heteroatoms. The summed E-state index contributed by atoms with van der Waals surface area (Å²) in [5, 5.41) is 0. The minimum Gasteiger partial charge on any atom is -0.486 e. The second kappa shape index (κ2) is 7.98. The lowest BCUT2D eigenvalue weighted by Crippen LogP contribution is -2.11. The Hall–Kier alpha value is -3.93. The fourth-order valence-electron chi connectivity index (χ4n) is 2.89. The molecular weight excluding hydrogens is 368 g/mol. The summed E-state index contributed by atoms with van der Waals surface area (Å²) in [6, 6.07) is 19.1. The number of carbonyl (C=O) groups is 2. The lowest BCUT2D eigenvalue weighted by Gasteiger charge is -2.10. The van der Waals surface area contributed by atoms with Crippen molar-refractivity contribution in [3.8, 4) is 11.5 Å². The predicted molar refractivity (Wildman–Crippen MR) is 107 cm³/mol. The standard InChI is InChI=1S/C23H18N2O4/c1-16(26)17-9-11-19(12-10-17)29-23(27)20-6-2-3-7-21(20)28-15-18-14-25-13-5-4-8-22(25)24-18/h2-14H,15H2,1H3. The zero-order chi connectivity index (χ0) is 20.2. The monoisotopic (exact) mass is 386 g/mol. The van der Waals surface area contributed by atoms with E-state index in [0.29, 0.717) is 22.6 Å². The number of carbonyl (C=O) groups excluding carboxylic acids is 2. The van der Waals surface area contributed by atoms with Crippen LogP contribution in [0.1, 0.15) is 33.3 Å². The van der Waals surface area contributed by atoms with Crippen LogP contribution in [-0.4, -0.2) is 21.1 Å². The Morgan fingerprint density at radius 1 is 0.966 bits per heavy atom. The molecule has 0 spiro atoms. The molecule has 0 aliphatic carbocycles. The van der Waals surface area contributed by atoms with E-state index in [1.807, 2.05) is 35.0 Å². The summed E-state index contributed by atoms with van der Waals surface area (Å²) in [4.78, 5) is 28.5. The Balaban J connectivity index is 1.48. The molecule has 2 aromatic carbocycles. The quantitative estimate of drug-likeness (QED) is 0.280. The molecule has 0 amide bonds. The van der Waals surface area contributed by atoms with Gasteiger partial charge in [0.15, 0.2) is 5.78 Å². The molecule has 2 heterocycles. The third-order valence-corrected chi connectivity index (χ3v) is 4.37. The van der Waals surface area contributed by atoms with Crippen molar-refractivity contribution in [2.45, 2.75) is 13.5 Å². The van der Waals surface area contributed by atoms with E-state index in [1.54, 1.807) is 48.5 Å². The van der Waals surface area contributed by atoms with Crippen LogP contribution < -0.4 is 9.47 Å². The maximum Gasteiger partial charge on any atom is 0.347 e. The van der Waals surface area contributed by atoms with Crippen LogP contribution in [0.3, 0.4) is 0 Å². The maximum absolute atomic E-state index is 12.6. The Labute approximate surface area is 167 Å². The van der Waals surface area contributed by atoms with E-state index in [-0.39, 0.29) is 12.4 Å². The zero-order valence-electron chi connectivity index (χ0n) is 15.7. The van der Waals surface area contributed by atoms with Gasteiger partial charge in [-0.2, -0.15) is 0 Å². The Bertz CT molecular complexity index is 1150. The Morgan fingerprint density at radius 3 is 2.48 bits per heavy atom. The molecule has 0 aliphatic heterocycles. The van der Waals surface area contributed by atoms with Crippen LogP contribution in [0.25, 0.3) is 5.65 Å². The number of benzene rings is 2. The lowest BCUT2D eigenvalue weighted by molar-refractivity contribution is 0.0729. The van der Waals surface area contributed by atoms with Gasteiger partial charge >= 0.3 is 5.97 Å². The molecule has 4 aromatic rings. The van der Waals surface area contributed by atoms with Gasteiger partial charge in [-0.25, -0.2) is 9.78 Å². The molecule has 144 valence electrons. The summed E-state index contributed by atoms with van der Waals surface area (Å²) in [5.74, 6) is 0.185. The van der Waals surface area contributed by atoms with Gasteiger partial charge in [-0.1, -0.05) is 18.2 Å². The van der Waals surface area contributed by atoms with E-state index in [2.05, 4.69) is 4.98 Å². The van der Waals surface area contributed by atoms with Crippen molar-refractivity contribution in [3.05, 3.63) is 95.9 Å². The normalized spacial score (nSPS) is 10.7. The number of nitrogens with zero attached hydrogens (tertiary/aromatic N) is 2. The van der Waals surface area contributed by atoms with Gasteiger partial charge in [0.25, 0.3) is 0 Å². The summed E-state index contributed by atoms with van der Waals surface area (Å²) in [6.45, 7) is 1.71. The lowest BCUT2D eigenvalue weighted by atomic mass is 10.1. The number of aromatic nitrogens is 2. The van der Waals surface area contributed by atoms with E-state index in [4.69, 9.17) is 9.47 Å². The summed E-state index contributed by atoms with van der Waals surface area (Å²) < 4.78 is 13.2. The molecule has 0 bridgehead atoms. The number of imidazole rings is 1. The van der Waals surface area contributed by atoms with Gasteiger partial charge in [-0.15, -0.1) is 0 Å². The van der Waals surface area contributed by atoms with E-state index >= 15 is 0 Å². The van der Waals surface area contributed by atoms with Gasteiger partial charge in [0.2, 0.25) is 0 Å². The van der Waals surface area contributed by atoms with Crippen molar-refractivity contribution in [1.29, 1.82) is 0 Å². The van der Waals surface area contributed by atoms with Crippen LogP contribution in [-0.2, 0) is 6.61 Å². The van der Waals surface area contributed by atoms with Gasteiger partial charge in [0, 0.05) is 18.0 Å². The van der Waals surface area contributed by atoms with Gasteiger partial charge in [-0.05, 0) is 55.5 Å². The van der Waals surface area contributed by atoms with Crippen molar-refractivity contribution in [2.24, 2.45) is 0 Å². The first-order valence-electron chi connectivity index (χ1n) is 9.08. The number of Topliss-reactive ketones (excluding diaryl/α,β-unsaturated/α-hetero) is 1. The van der Waals surface area contributed by atoms with E-state index in [1.165, 1.54) is 6.92 Å². The molecule has 0 aliphatic rings. The molecule has 0 unspecified atom stereocenters. The molecule has 2 aromatic heterocycles. The number of hydrogen-bond donors (Lipinski definition) is 0. The second-order valence-electron chi connectivity index (χ2n) is 6.45. The largest absolute Gasteiger partial charge is 0.486 e. The number of esters is 1. The molecule has 29 heavy (non-hydrogen) atoms. The van der Waals surface area contributed by atoms with E-state index in [9.17, 15) is 9.59 Å². The first-order valence-corrected chi connectivity index (χ1v) is 9.08. The van der Waals surface area contributed by atoms with E-state index in [0.717, 1.165) is 11.3 Å². The minimum atomic E-state index is -0.536. The predicted octanol–water partition coefficient (Wildman–Crippen LogP) is 4.34. The first-order chi connectivity index (χ1) is 14.1. The fraction of sp³-hybridized carbons (Fsp3) is 0.0870. The van der Waals surface area contributed by atoms with E-state index < -0.39 is 5.97 Å². The van der Waals surface area contributed by atoms with Crippen molar-refractivity contribution in [3.63, 3.8) is 0 Å². The average Bonchev–Trinajstić information content (AvgIpc) is 3.16. The summed E-state index contributed by atoms with van der Waals surface area (Å²) in [7, 11) is 0. The third-order valence-electron chi connectivity index (χ3n) is 4.37. The maximum atomic E-state index is 12.6. The van der Waals surface area contributed by atoms with Crippen LogP contribution in [0.5, 0.6) is 11.5 Å². The number of ether oxygens (including phenoxy) is 2. The zero-order valence-corrected chi connectivity index (χ0v) is 15.7. The number of para-hydroxylation sites is 1. The summed E-state index contributed by atoms with van der Waals surface area (Å²) >= 11 is 0. The molecule has 0 N–H and O–H groups in total. The topological polar surface area (TPSA) is 69.9 Å². The molecule has 0 radical (unpaired) electrons. The first kappa shape index (κ1) is 18.4. The number of ketones is 1. The fourth-order valence-corrected chi connectivity index (χ4v) is 2.89. The van der Waals surface area contributed by atoms with Crippen LogP contribution in [0.2, 0.25) is 0 Å². The van der Waals surface area contributed by atoms with Crippen LogP contribution in [0, 0.1) is 0 Å². The molecule has 0 saturated heterocycles. The second-order valence-corrected chi connectivity index (χ2v) is 6.45. The Kier molecular flexibility index (Phi) is 5.07. The van der Waals surface area contributed by atoms with Crippen LogP contribution in [0.4, 0.5) is 0 Å². The number of hydrogen-bond acceptors (Lipinski definition) is 5. The smallest absolute Gasteiger partial charge is 0.347 e. The molecular formula is C23H18N2O4. The SMILES string of the molecule is CC(=O)c1ccc(OC(=O)c2ccccc2OCc2cn3ccccc3n2)cc1. The highest BCUT2D eigenvalue weighted by molar-refractivity contribution is 5.95. The third kappa shape index (κ3) is 4.16. The highest BCUT2D eigenvalue weighted by Gasteiger charge is 2.15. The number of fused-ring (bicyclic) bond motifs is 1. The number of rotatable bonds is 6.